The fraction of sp³-hybridized carbons (Fsp3) is 0.667. The predicted molar refractivity (Wildman–Crippen MR) is 114 cm³/mol. The molecule has 6 nitrogen and oxygen atoms in total. The summed E-state index contributed by atoms with van der Waals surface area (Å²) in [5, 5.41) is 6.70. The van der Waals surface area contributed by atoms with Crippen molar-refractivity contribution in [3.8, 4) is 5.88 Å². The van der Waals surface area contributed by atoms with Gasteiger partial charge in [-0.15, -0.1) is 24.0 Å². The molecule has 0 bridgehead atoms. The quantitative estimate of drug-likeness (QED) is 0.228. The zero-order chi connectivity index (χ0) is 17.6. The van der Waals surface area contributed by atoms with Gasteiger partial charge in [-0.25, -0.2) is 9.98 Å². The molecule has 1 heterocycles. The van der Waals surface area contributed by atoms with E-state index in [0.717, 1.165) is 24.6 Å². The number of hydrogen-bond donors (Lipinski definition) is 2. The summed E-state index contributed by atoms with van der Waals surface area (Å²) in [6.07, 6.45) is 4.16. The van der Waals surface area contributed by atoms with Crippen LogP contribution in [0.1, 0.15) is 39.2 Å². The number of nitrogens with zero attached hydrogens (tertiary/aromatic N) is 2. The molecule has 0 amide bonds. The zero-order valence-electron chi connectivity index (χ0n) is 15.9. The highest BCUT2D eigenvalue weighted by molar-refractivity contribution is 14.0. The van der Waals surface area contributed by atoms with Crippen molar-refractivity contribution in [1.82, 2.24) is 15.6 Å². The first-order chi connectivity index (χ1) is 11.7. The average molecular weight is 464 g/mol. The van der Waals surface area contributed by atoms with Gasteiger partial charge in [0.05, 0.1) is 13.2 Å². The molecule has 0 fully saturated rings. The molecule has 0 atom stereocenters. The maximum absolute atomic E-state index is 5.46. The lowest BCUT2D eigenvalue weighted by Crippen LogP contribution is -2.39. The van der Waals surface area contributed by atoms with Crippen molar-refractivity contribution in [3.05, 3.63) is 23.9 Å². The largest absolute Gasteiger partial charge is 0.475 e. The normalized spacial score (nSPS) is 11.2. The first kappa shape index (κ1) is 23.9. The fourth-order valence-electron chi connectivity index (χ4n) is 2.15. The van der Waals surface area contributed by atoms with Gasteiger partial charge in [0.25, 0.3) is 0 Å². The zero-order valence-corrected chi connectivity index (χ0v) is 18.2. The van der Waals surface area contributed by atoms with Crippen LogP contribution in [0.3, 0.4) is 0 Å². The molecule has 0 aliphatic carbocycles. The minimum absolute atomic E-state index is 0. The Bertz CT molecular complexity index is 465. The van der Waals surface area contributed by atoms with Gasteiger partial charge >= 0.3 is 0 Å². The number of nitrogens with one attached hydrogen (secondary N) is 2. The Labute approximate surface area is 169 Å². The SMILES string of the molecule is CCNC(=NCc1ccc(OCCOC)nc1)NCC(CC)CC.I. The van der Waals surface area contributed by atoms with E-state index in [1.807, 2.05) is 12.1 Å². The van der Waals surface area contributed by atoms with Crippen molar-refractivity contribution in [2.75, 3.05) is 33.4 Å². The number of pyridine rings is 1. The van der Waals surface area contributed by atoms with Gasteiger partial charge in [-0.05, 0) is 18.4 Å². The van der Waals surface area contributed by atoms with Gasteiger partial charge < -0.3 is 20.1 Å². The maximum Gasteiger partial charge on any atom is 0.213 e. The van der Waals surface area contributed by atoms with E-state index < -0.39 is 0 Å². The van der Waals surface area contributed by atoms with Crippen LogP contribution in [0.15, 0.2) is 23.3 Å². The first-order valence-electron chi connectivity index (χ1n) is 8.82. The number of aliphatic imine (C=N–C) groups is 1. The van der Waals surface area contributed by atoms with E-state index in [1.54, 1.807) is 13.3 Å². The highest BCUT2D eigenvalue weighted by atomic mass is 127. The monoisotopic (exact) mass is 464 g/mol. The Morgan fingerprint density at radius 2 is 1.92 bits per heavy atom. The number of guanidine groups is 1. The minimum atomic E-state index is 0. The van der Waals surface area contributed by atoms with E-state index in [0.29, 0.717) is 31.6 Å². The molecule has 2 N–H and O–H groups in total. The number of aromatic nitrogens is 1. The Balaban J connectivity index is 0.00000576. The second kappa shape index (κ2) is 15.2. The van der Waals surface area contributed by atoms with Crippen LogP contribution in [0.4, 0.5) is 0 Å². The van der Waals surface area contributed by atoms with Crippen molar-refractivity contribution in [2.45, 2.75) is 40.2 Å². The standard InChI is InChI=1S/C18H32N4O2.HI/c1-5-15(6-2)12-21-18(19-7-3)22-14-16-8-9-17(20-13-16)24-11-10-23-4;/h8-9,13,15H,5-7,10-12,14H2,1-4H3,(H2,19,21,22);1H. The van der Waals surface area contributed by atoms with Gasteiger partial charge in [-0.2, -0.15) is 0 Å². The van der Waals surface area contributed by atoms with Crippen LogP contribution in [0.25, 0.3) is 0 Å². The van der Waals surface area contributed by atoms with Crippen LogP contribution < -0.4 is 15.4 Å². The molecule has 25 heavy (non-hydrogen) atoms. The third-order valence-electron chi connectivity index (χ3n) is 3.81. The molecule has 0 saturated carbocycles. The summed E-state index contributed by atoms with van der Waals surface area (Å²) in [5.41, 5.74) is 1.05. The summed E-state index contributed by atoms with van der Waals surface area (Å²) in [4.78, 5) is 8.91. The molecule has 0 aliphatic heterocycles. The van der Waals surface area contributed by atoms with Crippen molar-refractivity contribution in [1.29, 1.82) is 0 Å². The predicted octanol–water partition coefficient (Wildman–Crippen LogP) is 3.22. The summed E-state index contributed by atoms with van der Waals surface area (Å²) in [5.74, 6) is 2.14. The molecule has 1 aromatic heterocycles. The van der Waals surface area contributed by atoms with Gasteiger partial charge in [-0.3, -0.25) is 0 Å². The number of rotatable bonds is 11. The maximum atomic E-state index is 5.46. The van der Waals surface area contributed by atoms with Gasteiger partial charge in [0, 0.05) is 32.5 Å². The molecule has 144 valence electrons. The van der Waals surface area contributed by atoms with E-state index in [2.05, 4.69) is 41.4 Å². The van der Waals surface area contributed by atoms with Crippen LogP contribution in [-0.4, -0.2) is 44.4 Å². The number of methoxy groups -OCH3 is 1. The minimum Gasteiger partial charge on any atom is -0.475 e. The molecule has 0 unspecified atom stereocenters. The van der Waals surface area contributed by atoms with E-state index in [-0.39, 0.29) is 24.0 Å². The Morgan fingerprint density at radius 3 is 2.48 bits per heavy atom. The molecule has 1 aromatic rings. The Morgan fingerprint density at radius 1 is 1.16 bits per heavy atom. The van der Waals surface area contributed by atoms with Crippen molar-refractivity contribution in [2.24, 2.45) is 10.9 Å². The first-order valence-corrected chi connectivity index (χ1v) is 8.82. The van der Waals surface area contributed by atoms with Crippen LogP contribution in [0, 0.1) is 5.92 Å². The number of ether oxygens (including phenoxy) is 2. The molecule has 7 heteroatoms. The fourth-order valence-corrected chi connectivity index (χ4v) is 2.15. The van der Waals surface area contributed by atoms with Crippen LogP contribution in [-0.2, 0) is 11.3 Å². The smallest absolute Gasteiger partial charge is 0.213 e. The molecule has 0 aliphatic rings. The van der Waals surface area contributed by atoms with E-state index in [9.17, 15) is 0 Å². The number of hydrogen-bond acceptors (Lipinski definition) is 4. The van der Waals surface area contributed by atoms with Crippen molar-refractivity contribution in [3.63, 3.8) is 0 Å². The Hall–Kier alpha value is -1.09. The lowest BCUT2D eigenvalue weighted by atomic mass is 10.0. The van der Waals surface area contributed by atoms with Crippen molar-refractivity contribution < 1.29 is 9.47 Å². The molecular weight excluding hydrogens is 431 g/mol. The summed E-state index contributed by atoms with van der Waals surface area (Å²) in [6, 6.07) is 3.86. The molecular formula is C18H33IN4O2. The molecule has 0 radical (unpaired) electrons. The van der Waals surface area contributed by atoms with Gasteiger partial charge in [-0.1, -0.05) is 32.8 Å². The highest BCUT2D eigenvalue weighted by Crippen LogP contribution is 2.08. The second-order valence-electron chi connectivity index (χ2n) is 5.60. The average Bonchev–Trinajstić information content (AvgIpc) is 2.61. The summed E-state index contributed by atoms with van der Waals surface area (Å²) < 4.78 is 10.4. The molecule has 0 aromatic carbocycles. The lowest BCUT2D eigenvalue weighted by molar-refractivity contribution is 0.143. The van der Waals surface area contributed by atoms with Crippen molar-refractivity contribution >= 4 is 29.9 Å². The van der Waals surface area contributed by atoms with Crippen LogP contribution in [0.2, 0.25) is 0 Å². The molecule has 0 saturated heterocycles. The highest BCUT2D eigenvalue weighted by Gasteiger charge is 2.05. The lowest BCUT2D eigenvalue weighted by Gasteiger charge is -2.16. The van der Waals surface area contributed by atoms with E-state index >= 15 is 0 Å². The topological polar surface area (TPSA) is 67.8 Å². The van der Waals surface area contributed by atoms with Crippen LogP contribution >= 0.6 is 24.0 Å². The summed E-state index contributed by atoms with van der Waals surface area (Å²) >= 11 is 0. The molecule has 0 spiro atoms. The third kappa shape index (κ3) is 10.5. The van der Waals surface area contributed by atoms with Gasteiger partial charge in [0.15, 0.2) is 5.96 Å². The Kier molecular flexibility index (Phi) is 14.5. The van der Waals surface area contributed by atoms with Gasteiger partial charge in [0.2, 0.25) is 5.88 Å². The number of halogens is 1. The second-order valence-corrected chi connectivity index (χ2v) is 5.60. The van der Waals surface area contributed by atoms with Crippen LogP contribution in [0.5, 0.6) is 5.88 Å². The molecule has 1 rings (SSSR count). The van der Waals surface area contributed by atoms with Gasteiger partial charge in [0.1, 0.15) is 6.61 Å². The van der Waals surface area contributed by atoms with E-state index in [1.165, 1.54) is 12.8 Å². The third-order valence-corrected chi connectivity index (χ3v) is 3.81. The summed E-state index contributed by atoms with van der Waals surface area (Å²) in [6.45, 7) is 9.96. The van der Waals surface area contributed by atoms with E-state index in [4.69, 9.17) is 9.47 Å². The summed E-state index contributed by atoms with van der Waals surface area (Å²) in [7, 11) is 1.65.